The predicted octanol–water partition coefficient (Wildman–Crippen LogP) is 4.93. The highest BCUT2D eigenvalue weighted by molar-refractivity contribution is 7.13. The van der Waals surface area contributed by atoms with Crippen molar-refractivity contribution in [3.05, 3.63) is 47.3 Å². The predicted molar refractivity (Wildman–Crippen MR) is 90.0 cm³/mol. The number of alkyl carbamates (subject to hydrolysis) is 1. The maximum atomic E-state index is 12.1. The van der Waals surface area contributed by atoms with Gasteiger partial charge in [-0.2, -0.15) is 0 Å². The number of nitrogens with one attached hydrogen (secondary N) is 1. The molecule has 1 amide bonds. The summed E-state index contributed by atoms with van der Waals surface area (Å²) in [6, 6.07) is 12.6. The molecule has 1 aromatic heterocycles. The first-order valence-corrected chi connectivity index (χ1v) is 8.42. The zero-order valence-electron chi connectivity index (χ0n) is 13.2. The number of carbonyl (C=O) groups is 1. The Balaban J connectivity index is 1.79. The van der Waals surface area contributed by atoms with Gasteiger partial charge in [0.25, 0.3) is 0 Å². The molecule has 1 heterocycles. The summed E-state index contributed by atoms with van der Waals surface area (Å²) >= 11 is 1.73. The van der Waals surface area contributed by atoms with Crippen LogP contribution in [0, 0.1) is 0 Å². The van der Waals surface area contributed by atoms with Crippen molar-refractivity contribution in [2.75, 3.05) is 0 Å². The molecular weight excluding hydrogens is 294 g/mol. The van der Waals surface area contributed by atoms with Gasteiger partial charge in [0.2, 0.25) is 0 Å². The van der Waals surface area contributed by atoms with Gasteiger partial charge in [-0.1, -0.05) is 24.3 Å². The maximum Gasteiger partial charge on any atom is 0.408 e. The number of hydrogen-bond acceptors (Lipinski definition) is 3. The van der Waals surface area contributed by atoms with Crippen LogP contribution in [0.15, 0.2) is 41.8 Å². The van der Waals surface area contributed by atoms with Gasteiger partial charge in [-0.05, 0) is 62.3 Å². The van der Waals surface area contributed by atoms with Gasteiger partial charge in [0.1, 0.15) is 5.60 Å². The van der Waals surface area contributed by atoms with E-state index in [-0.39, 0.29) is 11.6 Å². The van der Waals surface area contributed by atoms with Gasteiger partial charge in [0.05, 0.1) is 5.54 Å². The molecule has 4 heteroatoms. The third-order valence-electron chi connectivity index (χ3n) is 3.71. The Kier molecular flexibility index (Phi) is 3.73. The molecule has 1 fully saturated rings. The molecule has 0 spiro atoms. The topological polar surface area (TPSA) is 38.3 Å². The number of hydrogen-bond donors (Lipinski definition) is 1. The van der Waals surface area contributed by atoms with Crippen molar-refractivity contribution in [2.24, 2.45) is 0 Å². The van der Waals surface area contributed by atoms with Crippen molar-refractivity contribution in [1.29, 1.82) is 0 Å². The minimum Gasteiger partial charge on any atom is -0.444 e. The number of benzene rings is 1. The van der Waals surface area contributed by atoms with Crippen LogP contribution >= 0.6 is 11.3 Å². The molecule has 22 heavy (non-hydrogen) atoms. The lowest BCUT2D eigenvalue weighted by Crippen LogP contribution is -2.39. The van der Waals surface area contributed by atoms with Gasteiger partial charge < -0.3 is 10.1 Å². The highest BCUT2D eigenvalue weighted by Crippen LogP contribution is 2.46. The van der Waals surface area contributed by atoms with Crippen LogP contribution in [0.5, 0.6) is 0 Å². The molecule has 0 atom stereocenters. The van der Waals surface area contributed by atoms with Crippen LogP contribution in [0.25, 0.3) is 10.4 Å². The summed E-state index contributed by atoms with van der Waals surface area (Å²) in [4.78, 5) is 13.3. The van der Waals surface area contributed by atoms with E-state index in [4.69, 9.17) is 4.74 Å². The second-order valence-corrected chi connectivity index (χ2v) is 7.71. The Morgan fingerprint density at radius 3 is 2.59 bits per heavy atom. The molecule has 2 aromatic rings. The molecule has 1 N–H and O–H groups in total. The number of thiophene rings is 1. The molecule has 1 saturated carbocycles. The second kappa shape index (κ2) is 5.43. The number of ether oxygens (including phenoxy) is 1. The normalized spacial score (nSPS) is 16.1. The van der Waals surface area contributed by atoms with Crippen molar-refractivity contribution in [1.82, 2.24) is 5.32 Å². The van der Waals surface area contributed by atoms with E-state index in [2.05, 4.69) is 47.1 Å². The van der Waals surface area contributed by atoms with Crippen LogP contribution in [0.4, 0.5) is 4.79 Å². The molecule has 0 radical (unpaired) electrons. The fraction of sp³-hybridized carbons (Fsp3) is 0.389. The number of carbonyl (C=O) groups excluding carboxylic acids is 1. The molecule has 116 valence electrons. The van der Waals surface area contributed by atoms with Crippen molar-refractivity contribution in [3.8, 4) is 10.4 Å². The summed E-state index contributed by atoms with van der Waals surface area (Å²) in [6.07, 6.45) is 1.58. The Labute approximate surface area is 135 Å². The molecule has 1 aromatic carbocycles. The summed E-state index contributed by atoms with van der Waals surface area (Å²) in [7, 11) is 0. The summed E-state index contributed by atoms with van der Waals surface area (Å²) in [6.45, 7) is 5.64. The van der Waals surface area contributed by atoms with Gasteiger partial charge in [-0.25, -0.2) is 4.79 Å². The number of amides is 1. The third-order valence-corrected chi connectivity index (χ3v) is 4.63. The van der Waals surface area contributed by atoms with Crippen LogP contribution < -0.4 is 5.32 Å². The summed E-state index contributed by atoms with van der Waals surface area (Å²) < 4.78 is 5.39. The summed E-state index contributed by atoms with van der Waals surface area (Å²) in [5.74, 6) is 0. The van der Waals surface area contributed by atoms with E-state index in [9.17, 15) is 4.79 Å². The van der Waals surface area contributed by atoms with Crippen LogP contribution in [-0.2, 0) is 10.3 Å². The van der Waals surface area contributed by atoms with E-state index in [1.54, 1.807) is 11.3 Å². The van der Waals surface area contributed by atoms with E-state index in [1.165, 1.54) is 10.4 Å². The van der Waals surface area contributed by atoms with Crippen LogP contribution in [0.3, 0.4) is 0 Å². The lowest BCUT2D eigenvalue weighted by Gasteiger charge is -2.24. The highest BCUT2D eigenvalue weighted by atomic mass is 32.1. The van der Waals surface area contributed by atoms with E-state index in [0.717, 1.165) is 18.4 Å². The molecule has 1 aliphatic rings. The molecule has 0 aliphatic heterocycles. The second-order valence-electron chi connectivity index (χ2n) is 6.77. The molecule has 0 bridgehead atoms. The van der Waals surface area contributed by atoms with E-state index >= 15 is 0 Å². The van der Waals surface area contributed by atoms with Crippen LogP contribution in [0.2, 0.25) is 0 Å². The fourth-order valence-electron chi connectivity index (χ4n) is 2.52. The van der Waals surface area contributed by atoms with E-state index in [1.807, 2.05) is 20.8 Å². The first-order valence-electron chi connectivity index (χ1n) is 7.54. The highest BCUT2D eigenvalue weighted by Gasteiger charge is 2.46. The first-order chi connectivity index (χ1) is 10.4. The van der Waals surface area contributed by atoms with Crippen molar-refractivity contribution >= 4 is 17.4 Å². The largest absolute Gasteiger partial charge is 0.444 e. The third kappa shape index (κ3) is 3.33. The van der Waals surface area contributed by atoms with Crippen molar-refractivity contribution < 1.29 is 9.53 Å². The lowest BCUT2D eigenvalue weighted by atomic mass is 10.0. The van der Waals surface area contributed by atoms with Crippen molar-refractivity contribution in [2.45, 2.75) is 44.8 Å². The van der Waals surface area contributed by atoms with Gasteiger partial charge in [-0.3, -0.25) is 0 Å². The minimum atomic E-state index is -0.473. The van der Waals surface area contributed by atoms with E-state index in [0.29, 0.717) is 0 Å². The van der Waals surface area contributed by atoms with Gasteiger partial charge in [0.15, 0.2) is 0 Å². The molecule has 0 unspecified atom stereocenters. The molecule has 3 rings (SSSR count). The van der Waals surface area contributed by atoms with Gasteiger partial charge >= 0.3 is 6.09 Å². The zero-order valence-corrected chi connectivity index (χ0v) is 14.0. The Hall–Kier alpha value is -1.81. The SMILES string of the molecule is CC(C)(C)OC(=O)NC1(c2cccc(-c3cccs3)c2)CC1. The standard InChI is InChI=1S/C18H21NO2S/c1-17(2,3)21-16(20)19-18(9-10-18)14-7-4-6-13(12-14)15-8-5-11-22-15/h4-8,11-12H,9-10H2,1-3H3,(H,19,20). The average molecular weight is 315 g/mol. The Bertz CT molecular complexity index is 667. The fourth-order valence-corrected chi connectivity index (χ4v) is 3.25. The molecule has 3 nitrogen and oxygen atoms in total. The summed E-state index contributed by atoms with van der Waals surface area (Å²) in [5, 5.41) is 5.13. The van der Waals surface area contributed by atoms with Crippen molar-refractivity contribution in [3.63, 3.8) is 0 Å². The van der Waals surface area contributed by atoms with Crippen LogP contribution in [-0.4, -0.2) is 11.7 Å². The molecule has 0 saturated heterocycles. The molecule has 1 aliphatic carbocycles. The smallest absolute Gasteiger partial charge is 0.408 e. The lowest BCUT2D eigenvalue weighted by molar-refractivity contribution is 0.0495. The quantitative estimate of drug-likeness (QED) is 0.872. The van der Waals surface area contributed by atoms with Crippen LogP contribution in [0.1, 0.15) is 39.2 Å². The number of rotatable bonds is 3. The van der Waals surface area contributed by atoms with Gasteiger partial charge in [-0.15, -0.1) is 11.3 Å². The zero-order chi connectivity index (χ0) is 15.8. The molecular formula is C18H21NO2S. The summed E-state index contributed by atoms with van der Waals surface area (Å²) in [5.41, 5.74) is 1.63. The minimum absolute atomic E-state index is 0.254. The Morgan fingerprint density at radius 1 is 1.23 bits per heavy atom. The van der Waals surface area contributed by atoms with Gasteiger partial charge in [0, 0.05) is 4.88 Å². The first kappa shape index (κ1) is 15.1. The van der Waals surface area contributed by atoms with E-state index < -0.39 is 5.60 Å². The Morgan fingerprint density at radius 2 is 2.00 bits per heavy atom. The average Bonchev–Trinajstić information content (AvgIpc) is 3.01. The monoisotopic (exact) mass is 315 g/mol. The maximum absolute atomic E-state index is 12.1.